The van der Waals surface area contributed by atoms with Crippen LogP contribution in [0.25, 0.3) is 0 Å². The smallest absolute Gasteiger partial charge is 0.306 e. The number of unbranched alkanes of at least 4 members (excludes halogenated alkanes) is 28. The average Bonchev–Trinajstić information content (AvgIpc) is 3.36. The second-order valence-electron chi connectivity index (χ2n) is 19.5. The molecule has 0 radical (unpaired) electrons. The molecule has 0 aliphatic carbocycles. The summed E-state index contributed by atoms with van der Waals surface area (Å²) in [7, 11) is 0. The van der Waals surface area contributed by atoms with Crippen molar-refractivity contribution in [3.63, 3.8) is 0 Å². The Kier molecular flexibility index (Phi) is 55.3. The van der Waals surface area contributed by atoms with Crippen LogP contribution in [0.4, 0.5) is 0 Å². The number of carbonyl (C=O) groups excluding carboxylic acids is 3. The highest BCUT2D eigenvalue weighted by Gasteiger charge is 2.19. The van der Waals surface area contributed by atoms with Crippen LogP contribution < -0.4 is 0 Å². The molecule has 70 heavy (non-hydrogen) atoms. The molecule has 0 aliphatic rings. The Labute approximate surface area is 433 Å². The van der Waals surface area contributed by atoms with Crippen LogP contribution in [0.1, 0.15) is 284 Å². The third-order valence-corrected chi connectivity index (χ3v) is 12.6. The van der Waals surface area contributed by atoms with Crippen molar-refractivity contribution >= 4 is 17.9 Å². The van der Waals surface area contributed by atoms with E-state index in [4.69, 9.17) is 14.2 Å². The van der Waals surface area contributed by atoms with E-state index in [1.165, 1.54) is 116 Å². The Morgan fingerprint density at radius 3 is 0.886 bits per heavy atom. The van der Waals surface area contributed by atoms with Crippen LogP contribution in [-0.4, -0.2) is 37.2 Å². The molecule has 0 bridgehead atoms. The lowest BCUT2D eigenvalue weighted by atomic mass is 10.1. The summed E-state index contributed by atoms with van der Waals surface area (Å²) in [6, 6.07) is 0. The van der Waals surface area contributed by atoms with Crippen molar-refractivity contribution in [2.24, 2.45) is 0 Å². The minimum Gasteiger partial charge on any atom is -0.462 e. The first kappa shape index (κ1) is 66.6. The van der Waals surface area contributed by atoms with Crippen LogP contribution in [0.5, 0.6) is 0 Å². The highest BCUT2D eigenvalue weighted by molar-refractivity contribution is 5.71. The first-order chi connectivity index (χ1) is 34.5. The van der Waals surface area contributed by atoms with E-state index < -0.39 is 6.10 Å². The van der Waals surface area contributed by atoms with E-state index in [0.717, 1.165) is 128 Å². The van der Waals surface area contributed by atoms with Gasteiger partial charge in [0.2, 0.25) is 0 Å². The summed E-state index contributed by atoms with van der Waals surface area (Å²) >= 11 is 0. The van der Waals surface area contributed by atoms with Gasteiger partial charge in [-0.2, -0.15) is 0 Å². The molecule has 0 rings (SSSR count). The molecule has 0 N–H and O–H groups in total. The number of hydrogen-bond donors (Lipinski definition) is 0. The molecular weight excluding hydrogens is 865 g/mol. The molecule has 1 atom stereocenters. The molecule has 0 aliphatic heterocycles. The second kappa shape index (κ2) is 58.2. The molecule has 0 aromatic rings. The Morgan fingerprint density at radius 1 is 0.300 bits per heavy atom. The minimum atomic E-state index is -0.793. The second-order valence-corrected chi connectivity index (χ2v) is 19.5. The number of carbonyl (C=O) groups is 3. The number of esters is 3. The quantitative estimate of drug-likeness (QED) is 0.0261. The first-order valence-electron chi connectivity index (χ1n) is 29.6. The minimum absolute atomic E-state index is 0.0900. The van der Waals surface area contributed by atoms with Gasteiger partial charge >= 0.3 is 17.9 Å². The van der Waals surface area contributed by atoms with Crippen molar-refractivity contribution in [1.82, 2.24) is 0 Å². The van der Waals surface area contributed by atoms with Gasteiger partial charge in [0.25, 0.3) is 0 Å². The largest absolute Gasteiger partial charge is 0.462 e. The van der Waals surface area contributed by atoms with E-state index in [2.05, 4.69) is 106 Å². The standard InChI is InChI=1S/C64H110O6/c1-4-7-10-13-16-19-22-25-28-30-31-32-33-34-37-39-42-45-48-51-54-57-63(66)69-60-61(59-68-62(65)56-53-50-47-44-41-38-35-27-24-21-18-15-12-9-6-3)70-64(67)58-55-52-49-46-43-40-36-29-26-23-20-17-14-11-8-5-2/h7,10,16,19,25,27-29,31-32,34-37,61H,4-6,8-9,11-15,17-18,20-24,26,30,33,38-60H2,1-3H3/b10-7-,19-16-,28-25-,32-31-,35-27-,36-29-,37-34-. The topological polar surface area (TPSA) is 78.9 Å². The zero-order valence-electron chi connectivity index (χ0n) is 46.0. The van der Waals surface area contributed by atoms with Gasteiger partial charge in [-0.15, -0.1) is 0 Å². The Hall–Kier alpha value is -3.41. The summed E-state index contributed by atoms with van der Waals surface area (Å²) in [5.74, 6) is -0.918. The molecule has 0 aromatic heterocycles. The predicted octanol–water partition coefficient (Wildman–Crippen LogP) is 19.9. The van der Waals surface area contributed by atoms with Crippen LogP contribution in [0.15, 0.2) is 85.1 Å². The molecule has 0 amide bonds. The van der Waals surface area contributed by atoms with Gasteiger partial charge in [-0.25, -0.2) is 0 Å². The van der Waals surface area contributed by atoms with E-state index in [9.17, 15) is 14.4 Å². The van der Waals surface area contributed by atoms with Crippen molar-refractivity contribution in [1.29, 1.82) is 0 Å². The van der Waals surface area contributed by atoms with Crippen molar-refractivity contribution < 1.29 is 28.6 Å². The summed E-state index contributed by atoms with van der Waals surface area (Å²) in [5, 5.41) is 0. The first-order valence-corrected chi connectivity index (χ1v) is 29.6. The Bertz CT molecular complexity index is 1350. The van der Waals surface area contributed by atoms with Gasteiger partial charge in [0.1, 0.15) is 13.2 Å². The van der Waals surface area contributed by atoms with Gasteiger partial charge < -0.3 is 14.2 Å². The number of ether oxygens (including phenoxy) is 3. The zero-order valence-corrected chi connectivity index (χ0v) is 46.0. The number of allylic oxidation sites excluding steroid dienone is 14. The highest BCUT2D eigenvalue weighted by atomic mass is 16.6. The van der Waals surface area contributed by atoms with E-state index in [-0.39, 0.29) is 31.1 Å². The molecule has 0 aromatic carbocycles. The molecule has 0 fully saturated rings. The van der Waals surface area contributed by atoms with E-state index in [0.29, 0.717) is 19.3 Å². The fourth-order valence-corrected chi connectivity index (χ4v) is 8.16. The molecule has 0 heterocycles. The summed E-state index contributed by atoms with van der Waals surface area (Å²) < 4.78 is 16.9. The normalized spacial score (nSPS) is 12.7. The van der Waals surface area contributed by atoms with Crippen LogP contribution >= 0.6 is 0 Å². The van der Waals surface area contributed by atoms with Crippen molar-refractivity contribution in [2.45, 2.75) is 290 Å². The van der Waals surface area contributed by atoms with Crippen molar-refractivity contribution in [3.8, 4) is 0 Å². The maximum atomic E-state index is 12.9. The van der Waals surface area contributed by atoms with Gasteiger partial charge in [0.15, 0.2) is 6.10 Å². The van der Waals surface area contributed by atoms with Crippen LogP contribution in [0, 0.1) is 0 Å². The van der Waals surface area contributed by atoms with E-state index in [1.54, 1.807) is 0 Å². The molecule has 6 nitrogen and oxygen atoms in total. The fourth-order valence-electron chi connectivity index (χ4n) is 8.16. The van der Waals surface area contributed by atoms with E-state index in [1.807, 2.05) is 0 Å². The fraction of sp³-hybridized carbons (Fsp3) is 0.734. The SMILES string of the molecule is CC/C=C\C/C=C\C/C=C\C/C=C\C/C=C\CCCCCCCC(=O)OCC(COC(=O)CCCCCCC/C=C\CCCCCCCC)OC(=O)CCCCCCC/C=C\CCCCCCCCC. The van der Waals surface area contributed by atoms with Gasteiger partial charge in [0.05, 0.1) is 0 Å². The molecule has 0 spiro atoms. The van der Waals surface area contributed by atoms with Crippen LogP contribution in [0.2, 0.25) is 0 Å². The maximum absolute atomic E-state index is 12.9. The van der Waals surface area contributed by atoms with E-state index >= 15 is 0 Å². The van der Waals surface area contributed by atoms with Crippen molar-refractivity contribution in [2.75, 3.05) is 13.2 Å². The molecule has 402 valence electrons. The summed E-state index contributed by atoms with van der Waals surface area (Å²) in [6.45, 7) is 6.51. The van der Waals surface area contributed by atoms with Gasteiger partial charge in [0, 0.05) is 19.3 Å². The molecular formula is C64H110O6. The number of rotatable bonds is 53. The molecule has 6 heteroatoms. The van der Waals surface area contributed by atoms with Crippen LogP contribution in [0.3, 0.4) is 0 Å². The van der Waals surface area contributed by atoms with Gasteiger partial charge in [-0.1, -0.05) is 234 Å². The third kappa shape index (κ3) is 55.5. The van der Waals surface area contributed by atoms with Gasteiger partial charge in [-0.05, 0) is 116 Å². The summed E-state index contributed by atoms with van der Waals surface area (Å²) in [5.41, 5.74) is 0. The highest BCUT2D eigenvalue weighted by Crippen LogP contribution is 2.15. The Morgan fingerprint density at radius 2 is 0.557 bits per heavy atom. The lowest BCUT2D eigenvalue weighted by Gasteiger charge is -2.18. The number of hydrogen-bond acceptors (Lipinski definition) is 6. The van der Waals surface area contributed by atoms with Crippen molar-refractivity contribution in [3.05, 3.63) is 85.1 Å². The molecule has 0 saturated heterocycles. The lowest BCUT2D eigenvalue weighted by Crippen LogP contribution is -2.30. The summed E-state index contributed by atoms with van der Waals surface area (Å²) in [6.07, 6.45) is 75.7. The average molecular weight is 976 g/mol. The Balaban J connectivity index is 4.43. The zero-order chi connectivity index (χ0) is 50.7. The molecule has 0 saturated carbocycles. The predicted molar refractivity (Wildman–Crippen MR) is 302 cm³/mol. The van der Waals surface area contributed by atoms with Crippen LogP contribution in [-0.2, 0) is 28.6 Å². The lowest BCUT2D eigenvalue weighted by molar-refractivity contribution is -0.167. The third-order valence-electron chi connectivity index (χ3n) is 12.6. The van der Waals surface area contributed by atoms with Gasteiger partial charge in [-0.3, -0.25) is 14.4 Å². The molecule has 1 unspecified atom stereocenters. The maximum Gasteiger partial charge on any atom is 0.306 e. The monoisotopic (exact) mass is 975 g/mol. The summed E-state index contributed by atoms with van der Waals surface area (Å²) in [4.78, 5) is 38.2.